The van der Waals surface area contributed by atoms with E-state index in [1.165, 1.54) is 31.3 Å². The summed E-state index contributed by atoms with van der Waals surface area (Å²) in [5.41, 5.74) is -3.13. The number of benzene rings is 6. The molecule has 0 fully saturated rings. The SMILES string of the molecule is CN1C(=O)c2ccc(Oc3ccc4c(c3)C(=O)NC4=O)cc2C1=O.Cc1ccc(Oc2ccc(C(c3ccc(Oc4ccc(C)cc4)cc3)(C(F)(F)F)C(F)(F)F)cc2)cc1. The number of nitrogens with one attached hydrogen (secondary N) is 1. The molecule has 61 heavy (non-hydrogen) atoms. The van der Waals surface area contributed by atoms with Crippen molar-refractivity contribution in [1.29, 1.82) is 0 Å². The molecule has 0 saturated carbocycles. The van der Waals surface area contributed by atoms with Gasteiger partial charge in [0.2, 0.25) is 5.41 Å². The molecule has 0 bridgehead atoms. The minimum atomic E-state index is -5.69. The Morgan fingerprint density at radius 2 is 0.754 bits per heavy atom. The van der Waals surface area contributed by atoms with Crippen molar-refractivity contribution >= 4 is 23.6 Å². The van der Waals surface area contributed by atoms with Crippen molar-refractivity contribution in [2.75, 3.05) is 7.05 Å². The molecule has 2 aliphatic rings. The van der Waals surface area contributed by atoms with Gasteiger partial charge in [0.1, 0.15) is 34.5 Å². The maximum Gasteiger partial charge on any atom is 0.411 e. The molecule has 4 amide bonds. The van der Waals surface area contributed by atoms with Crippen molar-refractivity contribution in [3.05, 3.63) is 178 Å². The third-order valence-electron chi connectivity index (χ3n) is 9.94. The zero-order valence-electron chi connectivity index (χ0n) is 32.3. The van der Waals surface area contributed by atoms with E-state index in [0.717, 1.165) is 64.6 Å². The minimum Gasteiger partial charge on any atom is -0.457 e. The van der Waals surface area contributed by atoms with Crippen molar-refractivity contribution in [1.82, 2.24) is 10.2 Å². The number of hydrogen-bond acceptors (Lipinski definition) is 7. The van der Waals surface area contributed by atoms with E-state index in [-0.39, 0.29) is 34.4 Å². The molecule has 15 heteroatoms. The minimum absolute atomic E-state index is 0.104. The van der Waals surface area contributed by atoms with Crippen LogP contribution in [0.25, 0.3) is 0 Å². The molecule has 0 spiro atoms. The lowest BCUT2D eigenvalue weighted by atomic mass is 9.73. The number of aryl methyl sites for hydroxylation is 2. The molecule has 310 valence electrons. The average molecular weight is 839 g/mol. The van der Waals surface area contributed by atoms with Gasteiger partial charge >= 0.3 is 12.4 Å². The summed E-state index contributed by atoms with van der Waals surface area (Å²) in [4.78, 5) is 48.1. The molecule has 6 aromatic rings. The van der Waals surface area contributed by atoms with E-state index in [4.69, 9.17) is 14.2 Å². The largest absolute Gasteiger partial charge is 0.457 e. The summed E-state index contributed by atoms with van der Waals surface area (Å²) in [5, 5.41) is 2.20. The first kappa shape index (κ1) is 41.7. The van der Waals surface area contributed by atoms with Gasteiger partial charge in [-0.25, -0.2) is 0 Å². The third kappa shape index (κ3) is 8.14. The number of amides is 4. The number of nitrogens with zero attached hydrogens (tertiary/aromatic N) is 1. The number of carbonyl (C=O) groups is 4. The van der Waals surface area contributed by atoms with Gasteiger partial charge in [-0.05, 0) is 110 Å². The van der Waals surface area contributed by atoms with Gasteiger partial charge in [0.15, 0.2) is 0 Å². The summed E-state index contributed by atoms with van der Waals surface area (Å²) in [5.74, 6) is 0.0662. The van der Waals surface area contributed by atoms with E-state index in [2.05, 4.69) is 5.32 Å². The summed E-state index contributed by atoms with van der Waals surface area (Å²) < 4.78 is 103. The van der Waals surface area contributed by atoms with Gasteiger partial charge in [-0.15, -0.1) is 0 Å². The maximum atomic E-state index is 14.4. The molecule has 2 heterocycles. The molecular formula is C46H32F6N2O7. The Balaban J connectivity index is 0.000000201. The number of carbonyl (C=O) groups excluding carboxylic acids is 4. The first-order valence-electron chi connectivity index (χ1n) is 18.3. The Morgan fingerprint density at radius 1 is 0.426 bits per heavy atom. The predicted molar refractivity (Wildman–Crippen MR) is 209 cm³/mol. The van der Waals surface area contributed by atoms with Crippen LogP contribution in [0.5, 0.6) is 34.5 Å². The normalized spacial score (nSPS) is 13.6. The molecule has 2 aliphatic heterocycles. The smallest absolute Gasteiger partial charge is 0.411 e. The van der Waals surface area contributed by atoms with Gasteiger partial charge in [0.05, 0.1) is 22.3 Å². The Labute approximate surface area is 344 Å². The fourth-order valence-electron chi connectivity index (χ4n) is 6.76. The molecule has 8 rings (SSSR count). The van der Waals surface area contributed by atoms with Gasteiger partial charge in [-0.2, -0.15) is 26.3 Å². The highest BCUT2D eigenvalue weighted by molar-refractivity contribution is 6.22. The molecule has 0 unspecified atom stereocenters. The van der Waals surface area contributed by atoms with E-state index in [1.807, 2.05) is 13.8 Å². The lowest BCUT2D eigenvalue weighted by molar-refractivity contribution is -0.288. The molecule has 0 aliphatic carbocycles. The van der Waals surface area contributed by atoms with E-state index in [1.54, 1.807) is 60.7 Å². The summed E-state index contributed by atoms with van der Waals surface area (Å²) in [6, 6.07) is 30.3. The van der Waals surface area contributed by atoms with Gasteiger partial charge in [0, 0.05) is 7.05 Å². The Kier molecular flexibility index (Phi) is 10.9. The zero-order valence-corrected chi connectivity index (χ0v) is 32.3. The first-order valence-corrected chi connectivity index (χ1v) is 18.3. The number of imide groups is 2. The highest BCUT2D eigenvalue weighted by Gasteiger charge is 2.72. The second-order valence-corrected chi connectivity index (χ2v) is 14.1. The molecule has 0 radical (unpaired) electrons. The number of rotatable bonds is 8. The Morgan fingerprint density at radius 3 is 1.18 bits per heavy atom. The van der Waals surface area contributed by atoms with Crippen LogP contribution in [0, 0.1) is 13.8 Å². The number of fused-ring (bicyclic) bond motifs is 2. The summed E-state index contributed by atoms with van der Waals surface area (Å²) in [6.07, 6.45) is -11.4. The van der Waals surface area contributed by atoms with Crippen LogP contribution in [0.3, 0.4) is 0 Å². The van der Waals surface area contributed by atoms with E-state index in [9.17, 15) is 45.5 Å². The molecule has 0 saturated heterocycles. The second-order valence-electron chi connectivity index (χ2n) is 14.1. The molecule has 0 atom stereocenters. The van der Waals surface area contributed by atoms with Crippen LogP contribution in [-0.2, 0) is 5.41 Å². The Hall–Kier alpha value is -7.42. The van der Waals surface area contributed by atoms with Crippen molar-refractivity contribution in [3.8, 4) is 34.5 Å². The van der Waals surface area contributed by atoms with Crippen LogP contribution in [-0.4, -0.2) is 47.9 Å². The van der Waals surface area contributed by atoms with Crippen molar-refractivity contribution in [3.63, 3.8) is 0 Å². The van der Waals surface area contributed by atoms with Crippen molar-refractivity contribution in [2.24, 2.45) is 0 Å². The quantitative estimate of drug-likeness (QED) is 0.120. The highest BCUT2D eigenvalue weighted by atomic mass is 19.4. The third-order valence-corrected chi connectivity index (χ3v) is 9.94. The lowest BCUT2D eigenvalue weighted by Crippen LogP contribution is -2.54. The fraction of sp³-hybridized carbons (Fsp3) is 0.130. The standard InChI is InChI=1S/C29H22F6O2.C17H10N2O5/c1-19-3-11-23(12-4-19)36-25-15-7-21(8-16-25)27(28(30,31)32,29(33,34)35)22-9-17-26(18-10-22)37-24-13-5-20(2)6-14-24;1-19-16(22)11-5-3-9(7-13(11)17(19)23)24-8-2-4-10-12(6-8)15(21)18-14(10)20/h3-18H,1-2H3;2-7H,1H3,(H,18,20,21). The molecular weight excluding hydrogens is 807 g/mol. The number of alkyl halides is 6. The number of halogens is 6. The van der Waals surface area contributed by atoms with Crippen LogP contribution >= 0.6 is 0 Å². The van der Waals surface area contributed by atoms with Crippen LogP contribution in [0.15, 0.2) is 133 Å². The fourth-order valence-corrected chi connectivity index (χ4v) is 6.76. The first-order chi connectivity index (χ1) is 28.8. The lowest BCUT2D eigenvalue weighted by Gasteiger charge is -2.38. The molecule has 6 aromatic carbocycles. The van der Waals surface area contributed by atoms with Gasteiger partial charge in [-0.1, -0.05) is 59.7 Å². The topological polar surface area (TPSA) is 111 Å². The van der Waals surface area contributed by atoms with E-state index >= 15 is 0 Å². The van der Waals surface area contributed by atoms with Gasteiger partial charge in [-0.3, -0.25) is 29.4 Å². The van der Waals surface area contributed by atoms with Gasteiger partial charge in [0.25, 0.3) is 23.6 Å². The van der Waals surface area contributed by atoms with E-state index in [0.29, 0.717) is 34.1 Å². The van der Waals surface area contributed by atoms with Crippen LogP contribution < -0.4 is 19.5 Å². The second kappa shape index (κ2) is 16.0. The van der Waals surface area contributed by atoms with Crippen LogP contribution in [0.1, 0.15) is 63.7 Å². The monoisotopic (exact) mass is 838 g/mol. The van der Waals surface area contributed by atoms with E-state index < -0.39 is 40.7 Å². The highest BCUT2D eigenvalue weighted by Crippen LogP contribution is 2.56. The zero-order chi connectivity index (χ0) is 43.9. The van der Waals surface area contributed by atoms with Crippen LogP contribution in [0.2, 0.25) is 0 Å². The van der Waals surface area contributed by atoms with Crippen molar-refractivity contribution < 1.29 is 59.7 Å². The predicted octanol–water partition coefficient (Wildman–Crippen LogP) is 10.9. The Bertz CT molecular complexity index is 2550. The average Bonchev–Trinajstić information content (AvgIpc) is 3.62. The summed E-state index contributed by atoms with van der Waals surface area (Å²) in [6.45, 7) is 3.74. The number of hydrogen-bond donors (Lipinski definition) is 1. The molecule has 0 aromatic heterocycles. The maximum absolute atomic E-state index is 14.4. The molecule has 9 nitrogen and oxygen atoms in total. The van der Waals surface area contributed by atoms with Crippen LogP contribution in [0.4, 0.5) is 26.3 Å². The summed E-state index contributed by atoms with van der Waals surface area (Å²) in [7, 11) is 1.42. The molecule has 1 N–H and O–H groups in total. The summed E-state index contributed by atoms with van der Waals surface area (Å²) >= 11 is 0. The van der Waals surface area contributed by atoms with Crippen molar-refractivity contribution in [2.45, 2.75) is 31.6 Å². The van der Waals surface area contributed by atoms with Gasteiger partial charge < -0.3 is 14.2 Å². The number of ether oxygens (including phenoxy) is 3.